The Bertz CT molecular complexity index is 588. The molecule has 0 atom stereocenters. The van der Waals surface area contributed by atoms with Crippen LogP contribution in [-0.2, 0) is 0 Å². The summed E-state index contributed by atoms with van der Waals surface area (Å²) in [6, 6.07) is -0.413. The standard InChI is InChI=1S/C12H21N3O3/c1-7(2)13-10-14(8(3)4)11(16)15(9(5)6)12(17)18-10/h7-9H,1-6H3/b13-10+. The minimum atomic E-state index is -0.661. The Hall–Kier alpha value is -1.59. The Morgan fingerprint density at radius 1 is 0.944 bits per heavy atom. The summed E-state index contributed by atoms with van der Waals surface area (Å²) in [5, 5.41) is 0. The molecule has 0 aliphatic carbocycles. The van der Waals surface area contributed by atoms with E-state index in [-0.39, 0.29) is 29.5 Å². The molecule has 0 aliphatic heterocycles. The van der Waals surface area contributed by atoms with Crippen LogP contribution in [-0.4, -0.2) is 15.2 Å². The van der Waals surface area contributed by atoms with E-state index in [2.05, 4.69) is 4.99 Å². The quantitative estimate of drug-likeness (QED) is 0.811. The van der Waals surface area contributed by atoms with Gasteiger partial charge in [-0.25, -0.2) is 23.7 Å². The topological polar surface area (TPSA) is 69.5 Å². The van der Waals surface area contributed by atoms with Gasteiger partial charge in [0.15, 0.2) is 0 Å². The van der Waals surface area contributed by atoms with Crippen molar-refractivity contribution < 1.29 is 4.42 Å². The van der Waals surface area contributed by atoms with Crippen LogP contribution in [0.1, 0.15) is 53.6 Å². The highest BCUT2D eigenvalue weighted by molar-refractivity contribution is 4.76. The van der Waals surface area contributed by atoms with Crippen molar-refractivity contribution in [2.45, 2.75) is 59.7 Å². The molecule has 0 saturated heterocycles. The maximum Gasteiger partial charge on any atom is 0.426 e. The van der Waals surface area contributed by atoms with Crippen molar-refractivity contribution in [3.8, 4) is 0 Å². The van der Waals surface area contributed by atoms with Crippen molar-refractivity contribution in [3.05, 3.63) is 26.7 Å². The molecule has 102 valence electrons. The molecule has 1 aromatic rings. The van der Waals surface area contributed by atoms with Crippen LogP contribution in [0.4, 0.5) is 0 Å². The molecule has 0 N–H and O–H groups in total. The zero-order valence-electron chi connectivity index (χ0n) is 11.8. The Kier molecular flexibility index (Phi) is 4.32. The van der Waals surface area contributed by atoms with Crippen LogP contribution in [0.15, 0.2) is 19.0 Å². The van der Waals surface area contributed by atoms with Crippen LogP contribution in [0.25, 0.3) is 0 Å². The van der Waals surface area contributed by atoms with Gasteiger partial charge < -0.3 is 4.42 Å². The van der Waals surface area contributed by atoms with E-state index in [0.29, 0.717) is 0 Å². The average Bonchev–Trinajstić information content (AvgIpc) is 2.13. The van der Waals surface area contributed by atoms with E-state index in [4.69, 9.17) is 4.42 Å². The van der Waals surface area contributed by atoms with Crippen LogP contribution in [0.5, 0.6) is 0 Å². The van der Waals surface area contributed by atoms with Crippen molar-refractivity contribution in [3.63, 3.8) is 0 Å². The van der Waals surface area contributed by atoms with Crippen LogP contribution >= 0.6 is 0 Å². The van der Waals surface area contributed by atoms with E-state index in [1.165, 1.54) is 4.57 Å². The van der Waals surface area contributed by atoms with E-state index >= 15 is 0 Å². The molecule has 0 aliphatic rings. The number of hydrogen-bond donors (Lipinski definition) is 0. The number of aromatic nitrogens is 2. The highest BCUT2D eigenvalue weighted by atomic mass is 16.4. The van der Waals surface area contributed by atoms with E-state index in [1.54, 1.807) is 13.8 Å². The maximum absolute atomic E-state index is 12.3. The molecule has 0 aromatic carbocycles. The fourth-order valence-electron chi connectivity index (χ4n) is 1.64. The van der Waals surface area contributed by atoms with Crippen molar-refractivity contribution in [1.82, 2.24) is 9.13 Å². The highest BCUT2D eigenvalue weighted by Gasteiger charge is 2.15. The summed E-state index contributed by atoms with van der Waals surface area (Å²) in [5.41, 5.74) is -0.289. The predicted molar refractivity (Wildman–Crippen MR) is 68.7 cm³/mol. The van der Waals surface area contributed by atoms with Gasteiger partial charge in [-0.2, -0.15) is 0 Å². The summed E-state index contributed by atoms with van der Waals surface area (Å²) in [6.07, 6.45) is 0. The maximum atomic E-state index is 12.3. The normalized spacial score (nSPS) is 13.1. The molecule has 1 aromatic heterocycles. The van der Waals surface area contributed by atoms with E-state index in [9.17, 15) is 9.59 Å². The molecule has 0 amide bonds. The van der Waals surface area contributed by atoms with E-state index in [0.717, 1.165) is 4.57 Å². The van der Waals surface area contributed by atoms with Gasteiger partial charge in [-0.15, -0.1) is 0 Å². The van der Waals surface area contributed by atoms with Gasteiger partial charge >= 0.3 is 17.1 Å². The van der Waals surface area contributed by atoms with Gasteiger partial charge in [-0.05, 0) is 41.5 Å². The van der Waals surface area contributed by atoms with Crippen molar-refractivity contribution in [2.24, 2.45) is 4.99 Å². The summed E-state index contributed by atoms with van der Waals surface area (Å²) < 4.78 is 7.66. The van der Waals surface area contributed by atoms with Gasteiger partial charge in [0.2, 0.25) is 0 Å². The van der Waals surface area contributed by atoms with Crippen LogP contribution in [0.3, 0.4) is 0 Å². The van der Waals surface area contributed by atoms with Gasteiger partial charge in [0, 0.05) is 18.1 Å². The SMILES string of the molecule is CC(C)/N=c1/oc(=O)n(C(C)C)c(=O)n1C(C)C. The Balaban J connectivity index is 3.80. The van der Waals surface area contributed by atoms with Crippen molar-refractivity contribution >= 4 is 0 Å². The third-order valence-electron chi connectivity index (χ3n) is 2.39. The van der Waals surface area contributed by atoms with Gasteiger partial charge in [-0.3, -0.25) is 0 Å². The monoisotopic (exact) mass is 255 g/mol. The molecule has 0 fully saturated rings. The molecule has 0 spiro atoms. The first-order valence-electron chi connectivity index (χ1n) is 6.17. The lowest BCUT2D eigenvalue weighted by Crippen LogP contribution is -2.48. The van der Waals surface area contributed by atoms with E-state index in [1.807, 2.05) is 27.7 Å². The molecule has 0 bridgehead atoms. The lowest BCUT2D eigenvalue weighted by atomic mass is 10.4. The fourth-order valence-corrected chi connectivity index (χ4v) is 1.64. The molecular weight excluding hydrogens is 234 g/mol. The largest absolute Gasteiger partial charge is 0.426 e. The first kappa shape index (κ1) is 14.5. The Morgan fingerprint density at radius 2 is 1.44 bits per heavy atom. The minimum absolute atomic E-state index is 0.0487. The smallest absolute Gasteiger partial charge is 0.375 e. The molecule has 0 radical (unpaired) electrons. The third kappa shape index (κ3) is 2.80. The first-order chi connectivity index (χ1) is 8.25. The van der Waals surface area contributed by atoms with Gasteiger partial charge in [0.25, 0.3) is 0 Å². The molecule has 6 nitrogen and oxygen atoms in total. The van der Waals surface area contributed by atoms with Crippen molar-refractivity contribution in [2.75, 3.05) is 0 Å². The Labute approximate surface area is 106 Å². The second-order valence-corrected chi connectivity index (χ2v) is 5.08. The van der Waals surface area contributed by atoms with Gasteiger partial charge in [0.05, 0.1) is 0 Å². The van der Waals surface area contributed by atoms with Crippen LogP contribution < -0.4 is 17.1 Å². The van der Waals surface area contributed by atoms with Crippen LogP contribution in [0, 0.1) is 0 Å². The summed E-state index contributed by atoms with van der Waals surface area (Å²) in [6.45, 7) is 11.0. The molecule has 1 rings (SSSR count). The highest BCUT2D eigenvalue weighted by Crippen LogP contribution is 1.98. The summed E-state index contributed by atoms with van der Waals surface area (Å²) in [7, 11) is 0. The number of nitrogens with zero attached hydrogens (tertiary/aromatic N) is 3. The van der Waals surface area contributed by atoms with Crippen LogP contribution in [0.2, 0.25) is 0 Å². The second kappa shape index (κ2) is 5.37. The first-order valence-corrected chi connectivity index (χ1v) is 6.17. The van der Waals surface area contributed by atoms with Crippen molar-refractivity contribution in [1.29, 1.82) is 0 Å². The zero-order valence-corrected chi connectivity index (χ0v) is 11.8. The molecule has 18 heavy (non-hydrogen) atoms. The third-order valence-corrected chi connectivity index (χ3v) is 2.39. The fraction of sp³-hybridized carbons (Fsp3) is 0.750. The van der Waals surface area contributed by atoms with E-state index < -0.39 is 5.76 Å². The lowest BCUT2D eigenvalue weighted by Gasteiger charge is -2.14. The molecule has 1 heterocycles. The zero-order chi connectivity index (χ0) is 14.0. The van der Waals surface area contributed by atoms with Gasteiger partial charge in [0.1, 0.15) is 0 Å². The molecule has 0 saturated carbocycles. The predicted octanol–water partition coefficient (Wildman–Crippen LogP) is 1.07. The average molecular weight is 255 g/mol. The summed E-state index contributed by atoms with van der Waals surface area (Å²) in [5.74, 6) is -0.661. The number of rotatable bonds is 3. The number of hydrogen-bond acceptors (Lipinski definition) is 4. The molecule has 0 unspecified atom stereocenters. The molecular formula is C12H21N3O3. The second-order valence-electron chi connectivity index (χ2n) is 5.08. The summed E-state index contributed by atoms with van der Waals surface area (Å²) >= 11 is 0. The van der Waals surface area contributed by atoms with Gasteiger partial charge in [-0.1, -0.05) is 0 Å². The summed E-state index contributed by atoms with van der Waals surface area (Å²) in [4.78, 5) is 28.2. The minimum Gasteiger partial charge on any atom is -0.375 e. The molecule has 6 heteroatoms. The Morgan fingerprint density at radius 3 is 1.83 bits per heavy atom. The lowest BCUT2D eigenvalue weighted by molar-refractivity contribution is 0.281.